The quantitative estimate of drug-likeness (QED) is 0.727. The number of hydrogen-bond donors (Lipinski definition) is 1. The Morgan fingerprint density at radius 1 is 1.38 bits per heavy atom. The van der Waals surface area contributed by atoms with Crippen LogP contribution in [0.2, 0.25) is 0 Å². The first-order valence-electron chi connectivity index (χ1n) is 4.04. The van der Waals surface area contributed by atoms with Gasteiger partial charge in [-0.15, -0.1) is 23.1 Å². The Labute approximate surface area is 85.9 Å². The van der Waals surface area contributed by atoms with Crippen molar-refractivity contribution < 1.29 is 0 Å². The van der Waals surface area contributed by atoms with Crippen LogP contribution in [0.25, 0.3) is 10.1 Å². The normalized spacial score (nSPS) is 10.9. The van der Waals surface area contributed by atoms with Crippen LogP contribution in [0.3, 0.4) is 0 Å². The minimum atomic E-state index is 0.898. The standard InChI is InChI=1S/C10H11NS2/c1-6-3-4-7-8(11)5-13-10(7)9(6)12-2/h3-5H,11H2,1-2H3. The number of fused-ring (bicyclic) bond motifs is 1. The molecule has 2 rings (SSSR count). The smallest absolute Gasteiger partial charge is 0.0503 e. The summed E-state index contributed by atoms with van der Waals surface area (Å²) in [4.78, 5) is 1.36. The first kappa shape index (κ1) is 8.91. The maximum absolute atomic E-state index is 5.85. The van der Waals surface area contributed by atoms with Crippen LogP contribution >= 0.6 is 23.1 Å². The van der Waals surface area contributed by atoms with Gasteiger partial charge < -0.3 is 5.73 Å². The minimum Gasteiger partial charge on any atom is -0.398 e. The van der Waals surface area contributed by atoms with Crippen LogP contribution in [0.4, 0.5) is 5.69 Å². The van der Waals surface area contributed by atoms with E-state index in [9.17, 15) is 0 Å². The van der Waals surface area contributed by atoms with E-state index in [1.165, 1.54) is 20.5 Å². The molecule has 0 unspecified atom stereocenters. The third kappa shape index (κ3) is 1.32. The zero-order valence-electron chi connectivity index (χ0n) is 7.63. The molecular weight excluding hydrogens is 198 g/mol. The van der Waals surface area contributed by atoms with E-state index in [1.54, 1.807) is 23.1 Å². The van der Waals surface area contributed by atoms with E-state index < -0.39 is 0 Å². The molecule has 0 saturated carbocycles. The molecule has 0 radical (unpaired) electrons. The highest BCUT2D eigenvalue weighted by atomic mass is 32.2. The Morgan fingerprint density at radius 2 is 2.15 bits per heavy atom. The van der Waals surface area contributed by atoms with Gasteiger partial charge in [0.2, 0.25) is 0 Å². The number of thiophene rings is 1. The highest BCUT2D eigenvalue weighted by Crippen LogP contribution is 2.36. The van der Waals surface area contributed by atoms with Gasteiger partial charge in [-0.2, -0.15) is 0 Å². The second-order valence-electron chi connectivity index (χ2n) is 2.98. The van der Waals surface area contributed by atoms with Crippen molar-refractivity contribution in [3.8, 4) is 0 Å². The van der Waals surface area contributed by atoms with Crippen molar-refractivity contribution in [1.82, 2.24) is 0 Å². The lowest BCUT2D eigenvalue weighted by Gasteiger charge is -2.03. The van der Waals surface area contributed by atoms with Crippen LogP contribution in [-0.4, -0.2) is 6.26 Å². The summed E-state index contributed by atoms with van der Waals surface area (Å²) in [6, 6.07) is 4.24. The van der Waals surface area contributed by atoms with Gasteiger partial charge in [0.1, 0.15) is 0 Å². The number of nitrogen functional groups attached to an aromatic ring is 1. The number of anilines is 1. The molecule has 1 aromatic carbocycles. The predicted octanol–water partition coefficient (Wildman–Crippen LogP) is 3.51. The van der Waals surface area contributed by atoms with E-state index in [4.69, 9.17) is 5.73 Å². The number of benzene rings is 1. The van der Waals surface area contributed by atoms with E-state index in [0.717, 1.165) is 5.69 Å². The summed E-state index contributed by atoms with van der Waals surface area (Å²) in [6.07, 6.45) is 2.11. The number of hydrogen-bond acceptors (Lipinski definition) is 3. The number of thioether (sulfide) groups is 1. The average Bonchev–Trinajstić information content (AvgIpc) is 2.48. The molecule has 0 saturated heterocycles. The van der Waals surface area contributed by atoms with Crippen molar-refractivity contribution >= 4 is 38.9 Å². The number of aryl methyl sites for hydroxylation is 1. The fraction of sp³-hybridized carbons (Fsp3) is 0.200. The lowest BCUT2D eigenvalue weighted by molar-refractivity contribution is 1.37. The zero-order chi connectivity index (χ0) is 9.42. The van der Waals surface area contributed by atoms with Crippen molar-refractivity contribution in [2.75, 3.05) is 12.0 Å². The molecule has 0 aliphatic carbocycles. The summed E-state index contributed by atoms with van der Waals surface area (Å²) < 4.78 is 1.32. The van der Waals surface area contributed by atoms with Gasteiger partial charge in [0.25, 0.3) is 0 Å². The Kier molecular flexibility index (Phi) is 2.22. The Bertz CT molecular complexity index is 445. The highest BCUT2D eigenvalue weighted by molar-refractivity contribution is 7.99. The van der Waals surface area contributed by atoms with Gasteiger partial charge in [0.15, 0.2) is 0 Å². The van der Waals surface area contributed by atoms with Gasteiger partial charge in [-0.25, -0.2) is 0 Å². The molecule has 13 heavy (non-hydrogen) atoms. The summed E-state index contributed by atoms with van der Waals surface area (Å²) >= 11 is 3.53. The molecular formula is C10H11NS2. The van der Waals surface area contributed by atoms with Gasteiger partial charge in [-0.1, -0.05) is 12.1 Å². The molecule has 2 N–H and O–H groups in total. The molecule has 3 heteroatoms. The molecule has 0 aliphatic rings. The molecule has 0 amide bonds. The third-order valence-corrected chi connectivity index (χ3v) is 4.22. The fourth-order valence-corrected chi connectivity index (χ4v) is 3.48. The van der Waals surface area contributed by atoms with E-state index >= 15 is 0 Å². The SMILES string of the molecule is CSc1c(C)ccc2c(N)csc12. The molecule has 1 heterocycles. The summed E-state index contributed by atoms with van der Waals surface area (Å²) in [6.45, 7) is 2.14. The summed E-state index contributed by atoms with van der Waals surface area (Å²) in [7, 11) is 0. The molecule has 68 valence electrons. The van der Waals surface area contributed by atoms with Crippen molar-refractivity contribution in [1.29, 1.82) is 0 Å². The zero-order valence-corrected chi connectivity index (χ0v) is 9.26. The highest BCUT2D eigenvalue weighted by Gasteiger charge is 2.07. The predicted molar refractivity (Wildman–Crippen MR) is 62.8 cm³/mol. The fourth-order valence-electron chi connectivity index (χ4n) is 1.44. The molecule has 2 aromatic rings. The first-order valence-corrected chi connectivity index (χ1v) is 6.14. The molecule has 0 atom stereocenters. The van der Waals surface area contributed by atoms with Gasteiger partial charge >= 0.3 is 0 Å². The van der Waals surface area contributed by atoms with Crippen LogP contribution in [-0.2, 0) is 0 Å². The van der Waals surface area contributed by atoms with E-state index in [1.807, 2.05) is 5.38 Å². The van der Waals surface area contributed by atoms with Crippen molar-refractivity contribution in [2.45, 2.75) is 11.8 Å². The maximum atomic E-state index is 5.85. The van der Waals surface area contributed by atoms with Gasteiger partial charge in [-0.3, -0.25) is 0 Å². The van der Waals surface area contributed by atoms with Crippen LogP contribution < -0.4 is 5.73 Å². The van der Waals surface area contributed by atoms with Crippen LogP contribution in [0.15, 0.2) is 22.4 Å². The van der Waals surface area contributed by atoms with Gasteiger partial charge in [0, 0.05) is 15.7 Å². The molecule has 1 nitrogen and oxygen atoms in total. The van der Waals surface area contributed by atoms with E-state index in [-0.39, 0.29) is 0 Å². The second kappa shape index (κ2) is 3.24. The van der Waals surface area contributed by atoms with Crippen molar-refractivity contribution in [3.63, 3.8) is 0 Å². The van der Waals surface area contributed by atoms with Gasteiger partial charge in [0.05, 0.1) is 10.4 Å². The second-order valence-corrected chi connectivity index (χ2v) is 4.68. The van der Waals surface area contributed by atoms with Crippen LogP contribution in [0.1, 0.15) is 5.56 Å². The third-order valence-electron chi connectivity index (χ3n) is 2.13. The maximum Gasteiger partial charge on any atom is 0.0503 e. The van der Waals surface area contributed by atoms with Crippen LogP contribution in [0.5, 0.6) is 0 Å². The van der Waals surface area contributed by atoms with Crippen molar-refractivity contribution in [2.24, 2.45) is 0 Å². The minimum absolute atomic E-state index is 0.898. The Balaban J connectivity index is 2.85. The first-order chi connectivity index (χ1) is 6.24. The largest absolute Gasteiger partial charge is 0.398 e. The summed E-state index contributed by atoms with van der Waals surface area (Å²) in [5, 5.41) is 3.21. The lowest BCUT2D eigenvalue weighted by atomic mass is 10.2. The van der Waals surface area contributed by atoms with E-state index in [0.29, 0.717) is 0 Å². The average molecular weight is 209 g/mol. The Morgan fingerprint density at radius 3 is 2.85 bits per heavy atom. The Hall–Kier alpha value is -0.670. The number of rotatable bonds is 1. The molecule has 0 fully saturated rings. The summed E-state index contributed by atoms with van der Waals surface area (Å²) in [5.74, 6) is 0. The van der Waals surface area contributed by atoms with E-state index in [2.05, 4.69) is 25.3 Å². The van der Waals surface area contributed by atoms with Crippen LogP contribution in [0, 0.1) is 6.92 Å². The number of nitrogens with two attached hydrogens (primary N) is 1. The summed E-state index contributed by atoms with van der Waals surface area (Å²) in [5.41, 5.74) is 8.08. The lowest BCUT2D eigenvalue weighted by Crippen LogP contribution is -1.82. The topological polar surface area (TPSA) is 26.0 Å². The van der Waals surface area contributed by atoms with Crippen molar-refractivity contribution in [3.05, 3.63) is 23.1 Å². The molecule has 0 bridgehead atoms. The molecule has 1 aromatic heterocycles. The monoisotopic (exact) mass is 209 g/mol. The molecule has 0 aliphatic heterocycles. The van der Waals surface area contributed by atoms with Gasteiger partial charge in [-0.05, 0) is 18.7 Å². The molecule has 0 spiro atoms.